The fourth-order valence-corrected chi connectivity index (χ4v) is 1.95. The van der Waals surface area contributed by atoms with Crippen molar-refractivity contribution < 1.29 is 23.1 Å². The molecule has 3 aromatic rings. The third kappa shape index (κ3) is 2.50. The molecule has 0 radical (unpaired) electrons. The van der Waals surface area contributed by atoms with Crippen LogP contribution in [0.2, 0.25) is 0 Å². The van der Waals surface area contributed by atoms with Crippen molar-refractivity contribution in [3.8, 4) is 11.4 Å². The second-order valence-corrected chi connectivity index (χ2v) is 4.53. The smallest absolute Gasteiger partial charge is 0.416 e. The molecular weight excluding hydrogens is 299 g/mol. The number of pyridine rings is 1. The molecule has 0 saturated carbocycles. The summed E-state index contributed by atoms with van der Waals surface area (Å²) in [5.41, 5.74) is 0.00965. The summed E-state index contributed by atoms with van der Waals surface area (Å²) in [5, 5.41) is 13.0. The van der Waals surface area contributed by atoms with Gasteiger partial charge in [0.15, 0.2) is 11.5 Å². The lowest BCUT2D eigenvalue weighted by Gasteiger charge is -2.05. The van der Waals surface area contributed by atoms with E-state index in [1.54, 1.807) is 0 Å². The van der Waals surface area contributed by atoms with E-state index in [2.05, 4.69) is 10.1 Å². The highest BCUT2D eigenvalue weighted by atomic mass is 19.4. The normalized spacial score (nSPS) is 11.8. The van der Waals surface area contributed by atoms with E-state index >= 15 is 0 Å². The van der Waals surface area contributed by atoms with Crippen molar-refractivity contribution in [1.82, 2.24) is 14.6 Å². The second kappa shape index (κ2) is 4.83. The summed E-state index contributed by atoms with van der Waals surface area (Å²) < 4.78 is 38.9. The van der Waals surface area contributed by atoms with Gasteiger partial charge in [-0.2, -0.15) is 13.2 Å². The number of aromatic nitrogens is 3. The first kappa shape index (κ1) is 14.1. The Morgan fingerprint density at radius 1 is 1.14 bits per heavy atom. The van der Waals surface area contributed by atoms with Crippen molar-refractivity contribution >= 4 is 11.6 Å². The van der Waals surface area contributed by atoms with Crippen LogP contribution in [-0.2, 0) is 6.18 Å². The summed E-state index contributed by atoms with van der Waals surface area (Å²) in [4.78, 5) is 15.0. The Hall–Kier alpha value is -2.90. The number of benzene rings is 1. The van der Waals surface area contributed by atoms with Crippen LogP contribution in [0.4, 0.5) is 13.2 Å². The van der Waals surface area contributed by atoms with Crippen LogP contribution in [0.1, 0.15) is 15.9 Å². The zero-order valence-corrected chi connectivity index (χ0v) is 10.9. The lowest BCUT2D eigenvalue weighted by Crippen LogP contribution is -2.04. The SMILES string of the molecule is O=C(O)c1ccn2nc(-c3ccc(C(F)(F)F)cc3)nc2c1. The number of carboxylic acid groups (broad SMARTS) is 1. The fourth-order valence-electron chi connectivity index (χ4n) is 1.95. The van der Waals surface area contributed by atoms with E-state index in [1.807, 2.05) is 0 Å². The summed E-state index contributed by atoms with van der Waals surface area (Å²) in [7, 11) is 0. The Kier molecular flexibility index (Phi) is 3.09. The highest BCUT2D eigenvalue weighted by Gasteiger charge is 2.30. The molecule has 1 aromatic carbocycles. The van der Waals surface area contributed by atoms with E-state index in [9.17, 15) is 18.0 Å². The number of nitrogens with zero attached hydrogens (tertiary/aromatic N) is 3. The molecule has 0 bridgehead atoms. The summed E-state index contributed by atoms with van der Waals surface area (Å²) in [6, 6.07) is 7.14. The van der Waals surface area contributed by atoms with E-state index in [4.69, 9.17) is 5.11 Å². The zero-order valence-electron chi connectivity index (χ0n) is 10.9. The Balaban J connectivity index is 2.01. The van der Waals surface area contributed by atoms with Crippen molar-refractivity contribution in [2.24, 2.45) is 0 Å². The number of aromatic carboxylic acids is 1. The van der Waals surface area contributed by atoms with Gasteiger partial charge in [-0.1, -0.05) is 12.1 Å². The molecule has 112 valence electrons. The van der Waals surface area contributed by atoms with Crippen LogP contribution in [0.25, 0.3) is 17.0 Å². The van der Waals surface area contributed by atoms with Gasteiger partial charge in [0, 0.05) is 11.8 Å². The second-order valence-electron chi connectivity index (χ2n) is 4.53. The Bertz CT molecular complexity index is 854. The average Bonchev–Trinajstić information content (AvgIpc) is 2.89. The number of hydrogen-bond acceptors (Lipinski definition) is 3. The summed E-state index contributed by atoms with van der Waals surface area (Å²) in [5.74, 6) is -0.877. The molecule has 0 aliphatic heterocycles. The molecule has 1 N–H and O–H groups in total. The number of alkyl halides is 3. The predicted molar refractivity (Wildman–Crippen MR) is 70.4 cm³/mol. The molecule has 2 aromatic heterocycles. The largest absolute Gasteiger partial charge is 0.478 e. The van der Waals surface area contributed by atoms with Gasteiger partial charge in [-0.3, -0.25) is 0 Å². The molecule has 8 heteroatoms. The molecule has 0 saturated heterocycles. The maximum atomic E-state index is 12.5. The predicted octanol–water partition coefficient (Wildman–Crippen LogP) is 3.11. The van der Waals surface area contributed by atoms with Gasteiger partial charge in [0.1, 0.15) is 0 Å². The Morgan fingerprint density at radius 3 is 2.41 bits per heavy atom. The first-order valence-electron chi connectivity index (χ1n) is 6.12. The van der Waals surface area contributed by atoms with E-state index in [-0.39, 0.29) is 11.4 Å². The number of halogens is 3. The minimum atomic E-state index is -4.40. The van der Waals surface area contributed by atoms with Gasteiger partial charge in [0.2, 0.25) is 0 Å². The topological polar surface area (TPSA) is 67.5 Å². The van der Waals surface area contributed by atoms with Crippen LogP contribution in [0.15, 0.2) is 42.6 Å². The molecular formula is C14H8F3N3O2. The van der Waals surface area contributed by atoms with Gasteiger partial charge < -0.3 is 5.11 Å². The van der Waals surface area contributed by atoms with E-state index in [0.717, 1.165) is 12.1 Å². The van der Waals surface area contributed by atoms with Crippen molar-refractivity contribution in [3.05, 3.63) is 53.7 Å². The molecule has 0 unspecified atom stereocenters. The fraction of sp³-hybridized carbons (Fsp3) is 0.0714. The van der Waals surface area contributed by atoms with Gasteiger partial charge in [0.25, 0.3) is 0 Å². The molecule has 0 fully saturated rings. The number of carbonyl (C=O) groups is 1. The number of rotatable bonds is 2. The van der Waals surface area contributed by atoms with Crippen molar-refractivity contribution in [2.45, 2.75) is 6.18 Å². The maximum absolute atomic E-state index is 12.5. The third-order valence-corrected chi connectivity index (χ3v) is 3.05. The van der Waals surface area contributed by atoms with E-state index in [0.29, 0.717) is 11.2 Å². The first-order chi connectivity index (χ1) is 10.3. The quantitative estimate of drug-likeness (QED) is 0.790. The number of fused-ring (bicyclic) bond motifs is 1. The molecule has 22 heavy (non-hydrogen) atoms. The summed E-state index contributed by atoms with van der Waals surface area (Å²) in [6.45, 7) is 0. The number of carboxylic acids is 1. The highest BCUT2D eigenvalue weighted by Crippen LogP contribution is 2.30. The van der Waals surface area contributed by atoms with E-state index < -0.39 is 17.7 Å². The Morgan fingerprint density at radius 2 is 1.82 bits per heavy atom. The molecule has 0 aliphatic rings. The lowest BCUT2D eigenvalue weighted by atomic mass is 10.1. The first-order valence-corrected chi connectivity index (χ1v) is 6.12. The molecule has 2 heterocycles. The van der Waals surface area contributed by atoms with Crippen LogP contribution in [0.3, 0.4) is 0 Å². The van der Waals surface area contributed by atoms with Crippen LogP contribution in [0, 0.1) is 0 Å². The van der Waals surface area contributed by atoms with Crippen LogP contribution < -0.4 is 0 Å². The van der Waals surface area contributed by atoms with Gasteiger partial charge in [-0.25, -0.2) is 14.3 Å². The lowest BCUT2D eigenvalue weighted by molar-refractivity contribution is -0.137. The summed E-state index contributed by atoms with van der Waals surface area (Å²) >= 11 is 0. The third-order valence-electron chi connectivity index (χ3n) is 3.05. The molecule has 0 amide bonds. The molecule has 3 rings (SSSR count). The van der Waals surface area contributed by atoms with Gasteiger partial charge in [-0.15, -0.1) is 5.10 Å². The molecule has 0 spiro atoms. The van der Waals surface area contributed by atoms with Gasteiger partial charge >= 0.3 is 12.1 Å². The van der Waals surface area contributed by atoms with Crippen molar-refractivity contribution in [2.75, 3.05) is 0 Å². The minimum Gasteiger partial charge on any atom is -0.478 e. The van der Waals surface area contributed by atoms with Crippen LogP contribution in [-0.4, -0.2) is 25.7 Å². The molecule has 0 atom stereocenters. The van der Waals surface area contributed by atoms with Crippen LogP contribution >= 0.6 is 0 Å². The average molecular weight is 307 g/mol. The van der Waals surface area contributed by atoms with E-state index in [1.165, 1.54) is 35.0 Å². The highest BCUT2D eigenvalue weighted by molar-refractivity contribution is 5.88. The molecule has 0 aliphatic carbocycles. The van der Waals surface area contributed by atoms with Gasteiger partial charge in [-0.05, 0) is 24.3 Å². The number of hydrogen-bond donors (Lipinski definition) is 1. The Labute approximate surface area is 121 Å². The standard InChI is InChI=1S/C14H8F3N3O2/c15-14(16,17)10-3-1-8(2-4-10)12-18-11-7-9(13(21)22)5-6-20(11)19-12/h1-7H,(H,21,22). The monoisotopic (exact) mass is 307 g/mol. The van der Waals surface area contributed by atoms with Gasteiger partial charge in [0.05, 0.1) is 11.1 Å². The minimum absolute atomic E-state index is 0.0545. The zero-order chi connectivity index (χ0) is 15.9. The van der Waals surface area contributed by atoms with Crippen molar-refractivity contribution in [3.63, 3.8) is 0 Å². The van der Waals surface area contributed by atoms with Crippen molar-refractivity contribution in [1.29, 1.82) is 0 Å². The van der Waals surface area contributed by atoms with Crippen LogP contribution in [0.5, 0.6) is 0 Å². The summed E-state index contributed by atoms with van der Waals surface area (Å²) in [6.07, 6.45) is -2.97. The maximum Gasteiger partial charge on any atom is 0.416 e. The molecule has 5 nitrogen and oxygen atoms in total.